The minimum Gasteiger partial charge on any atom is -0.463 e. The molecule has 53 heavy (non-hydrogen) atoms. The number of hydrogen-bond donors (Lipinski definition) is 0. The van der Waals surface area contributed by atoms with E-state index in [0.29, 0.717) is 33.6 Å². The van der Waals surface area contributed by atoms with Gasteiger partial charge < -0.3 is 33.2 Å². The van der Waals surface area contributed by atoms with Gasteiger partial charge in [-0.1, -0.05) is 51.5 Å². The van der Waals surface area contributed by atoms with Crippen molar-refractivity contribution in [2.24, 2.45) is 5.41 Å². The topological polar surface area (TPSA) is 98.8 Å². The van der Waals surface area contributed by atoms with Gasteiger partial charge in [0.25, 0.3) is 5.92 Å². The third-order valence-corrected chi connectivity index (χ3v) is 4.48. The number of halogens is 10. The molecule has 1 unspecified atom stereocenters. The van der Waals surface area contributed by atoms with Crippen LogP contribution < -0.4 is 0 Å². The highest BCUT2D eigenvalue weighted by Gasteiger charge is 2.41. The quantitative estimate of drug-likeness (QED) is 0.0297. The van der Waals surface area contributed by atoms with Crippen molar-refractivity contribution >= 4 is 11.9 Å². The summed E-state index contributed by atoms with van der Waals surface area (Å²) < 4.78 is 144. The summed E-state index contributed by atoms with van der Waals surface area (Å²) in [6.45, 7) is 9.43. The van der Waals surface area contributed by atoms with E-state index < -0.39 is 62.3 Å². The number of methoxy groups -OCH3 is 1. The molecule has 0 aliphatic carbocycles. The van der Waals surface area contributed by atoms with Crippen molar-refractivity contribution in [1.29, 1.82) is 0 Å². The molecule has 334 valence electrons. The average molecular weight is 819 g/mol. The Morgan fingerprint density at radius 3 is 1.51 bits per heavy atom. The first-order valence-electron chi connectivity index (χ1n) is 13.7. The first-order valence-corrected chi connectivity index (χ1v) is 13.7. The normalized spacial score (nSPS) is 10.2. The molecule has 0 aliphatic rings. The van der Waals surface area contributed by atoms with E-state index >= 15 is 0 Å². The Balaban J connectivity index is -0.0000000489. The standard InChI is InChI=1S/C15H27F3O5.C9H15O4.C2H2F4.CH2F2.CH3F.6CH4.H2/c1-5-15(17,18)12(9-16)23-10-14(3,4)13(19)22-8-7-21-11-20-6-2;1-8(2)9(10)13-7-6-12-5-4-11-3;3-1-2(4,5)6;2-1-3;1-2;;;;;;;/h12H,5-11H2,1-4H3;1H,4-7H2,2-3H3;1H2;1H2;1H3;6*1H4;1H/q;+1;;;;;;;;;;/i;;;;;;;;;;;1+1. The molecule has 19 heteroatoms. The monoisotopic (exact) mass is 819 g/mol. The van der Waals surface area contributed by atoms with E-state index in [4.69, 9.17) is 39.7 Å². The lowest BCUT2D eigenvalue weighted by atomic mass is 9.95. The summed E-state index contributed by atoms with van der Waals surface area (Å²) in [7, 11) is 2.09. The molecule has 0 amide bonds. The molecule has 0 N–H and O–H groups in total. The molecule has 0 rings (SSSR count). The fourth-order valence-electron chi connectivity index (χ4n) is 2.02. The van der Waals surface area contributed by atoms with Gasteiger partial charge in [0.2, 0.25) is 12.5 Å². The molecule has 0 aromatic rings. The average Bonchev–Trinajstić information content (AvgIpc) is 3.02. The summed E-state index contributed by atoms with van der Waals surface area (Å²) in [5.74, 6) is -4.40. The van der Waals surface area contributed by atoms with Crippen LogP contribution in [0.4, 0.5) is 43.9 Å². The molecule has 9 nitrogen and oxygen atoms in total. The van der Waals surface area contributed by atoms with Crippen molar-refractivity contribution in [1.82, 2.24) is 0 Å². The SMILES string of the molecule is C.C.C.C.C.C.CCOCOCCOC(=O)C(C)(C)COC(CF)C(F)(F)CC.CF.FCC(F)(F)F.FCF.[2HH].[CH+]=C(C)C(=O)OCCOCCOC. The summed E-state index contributed by atoms with van der Waals surface area (Å²) in [5.41, 5.74) is -1.02. The number of esters is 2. The van der Waals surface area contributed by atoms with E-state index in [1.54, 1.807) is 7.11 Å². The van der Waals surface area contributed by atoms with E-state index in [2.05, 4.69) is 0 Å². The number of alkyl halides is 10. The van der Waals surface area contributed by atoms with Crippen molar-refractivity contribution < 1.29 is 88.1 Å². The summed E-state index contributed by atoms with van der Waals surface area (Å²) in [6, 6.07) is 0. The molecule has 0 heterocycles. The van der Waals surface area contributed by atoms with Gasteiger partial charge in [0, 0.05) is 28.5 Å². The third kappa shape index (κ3) is 59.2. The molecule has 0 aromatic carbocycles. The van der Waals surface area contributed by atoms with Gasteiger partial charge in [-0.05, 0) is 20.8 Å². The minimum atomic E-state index is -4.62. The number of rotatable bonds is 20. The van der Waals surface area contributed by atoms with Crippen molar-refractivity contribution in [2.75, 3.05) is 94.2 Å². The minimum absolute atomic E-state index is 0. The van der Waals surface area contributed by atoms with Crippen molar-refractivity contribution in [3.63, 3.8) is 0 Å². The van der Waals surface area contributed by atoms with Gasteiger partial charge in [0.15, 0.2) is 6.67 Å². The van der Waals surface area contributed by atoms with Gasteiger partial charge >= 0.3 is 18.1 Å². The second-order valence-corrected chi connectivity index (χ2v) is 8.88. The van der Waals surface area contributed by atoms with E-state index in [1.165, 1.54) is 27.7 Å². The first kappa shape index (κ1) is 79.5. The molecule has 1 atom stereocenters. The lowest BCUT2D eigenvalue weighted by molar-refractivity contribution is -0.176. The Labute approximate surface area is 315 Å². The maximum absolute atomic E-state index is 13.4. The largest absolute Gasteiger partial charge is 0.487 e. The molecule has 0 aliphatic heterocycles. The van der Waals surface area contributed by atoms with Crippen LogP contribution in [-0.2, 0) is 42.7 Å². The van der Waals surface area contributed by atoms with Crippen LogP contribution >= 0.6 is 0 Å². The highest BCUT2D eigenvalue weighted by atomic mass is 19.4. The molecule has 0 bridgehead atoms. The Hall–Kier alpha value is -2.31. The van der Waals surface area contributed by atoms with E-state index in [0.717, 1.165) is 0 Å². The van der Waals surface area contributed by atoms with Crippen LogP contribution in [0.5, 0.6) is 0 Å². The van der Waals surface area contributed by atoms with Crippen LogP contribution in [0.2, 0.25) is 0 Å². The number of carbonyl (C=O) groups is 2. The van der Waals surface area contributed by atoms with Gasteiger partial charge in [0.05, 0.1) is 52.2 Å². The molecule has 0 spiro atoms. The highest BCUT2D eigenvalue weighted by molar-refractivity contribution is 5.86. The van der Waals surface area contributed by atoms with Gasteiger partial charge in [-0.2, -0.15) is 13.2 Å². The molecule has 0 saturated carbocycles. The zero-order chi connectivity index (χ0) is 38.0. The summed E-state index contributed by atoms with van der Waals surface area (Å²) in [5, 5.41) is 0. The third-order valence-electron chi connectivity index (χ3n) is 4.48. The van der Waals surface area contributed by atoms with Gasteiger partial charge in [-0.15, -0.1) is 4.79 Å². The van der Waals surface area contributed by atoms with Crippen LogP contribution in [-0.4, -0.2) is 124 Å². The molecule has 0 fully saturated rings. The molecule has 0 aromatic heterocycles. The fraction of sp³-hybridized carbons (Fsp3) is 0.882. The maximum Gasteiger partial charge on any atom is 0.487 e. The maximum atomic E-state index is 13.4. The predicted octanol–water partition coefficient (Wildman–Crippen LogP) is 10.6. The Morgan fingerprint density at radius 2 is 1.15 bits per heavy atom. The Morgan fingerprint density at radius 1 is 0.736 bits per heavy atom. The van der Waals surface area contributed by atoms with Crippen LogP contribution in [0.3, 0.4) is 0 Å². The van der Waals surface area contributed by atoms with Crippen LogP contribution in [0, 0.1) is 12.0 Å². The van der Waals surface area contributed by atoms with Crippen LogP contribution in [0.1, 0.15) is 87.0 Å². The van der Waals surface area contributed by atoms with Crippen LogP contribution in [0.25, 0.3) is 0 Å². The van der Waals surface area contributed by atoms with Crippen molar-refractivity contribution in [2.45, 2.75) is 104 Å². The van der Waals surface area contributed by atoms with Gasteiger partial charge in [0.1, 0.15) is 32.8 Å². The highest BCUT2D eigenvalue weighted by Crippen LogP contribution is 2.28. The fourth-order valence-corrected chi connectivity index (χ4v) is 2.02. The van der Waals surface area contributed by atoms with E-state index in [1.807, 2.05) is 6.92 Å². The van der Waals surface area contributed by atoms with Gasteiger partial charge in [-0.3, -0.25) is 9.18 Å². The van der Waals surface area contributed by atoms with E-state index in [9.17, 15) is 53.5 Å². The van der Waals surface area contributed by atoms with Gasteiger partial charge in [-0.25, -0.2) is 26.3 Å². The summed E-state index contributed by atoms with van der Waals surface area (Å²) >= 11 is 0. The number of hydrogen-bond acceptors (Lipinski definition) is 9. The zero-order valence-electron chi connectivity index (χ0n) is 27.8. The number of carbonyl (C=O) groups excluding carboxylic acids is 2. The zero-order valence-corrected chi connectivity index (χ0v) is 27.8. The van der Waals surface area contributed by atoms with Crippen LogP contribution in [0.15, 0.2) is 5.57 Å². The Bertz CT molecular complexity index is 741. The predicted molar refractivity (Wildman–Crippen MR) is 194 cm³/mol. The number of ether oxygens (including phenoxy) is 7. The molecular formula is C34H75F10O9+. The lowest BCUT2D eigenvalue weighted by Gasteiger charge is -2.28. The second kappa shape index (κ2) is 51.8. The van der Waals surface area contributed by atoms with E-state index in [-0.39, 0.29) is 84.8 Å². The lowest BCUT2D eigenvalue weighted by Crippen LogP contribution is -2.41. The second-order valence-electron chi connectivity index (χ2n) is 8.88. The smallest absolute Gasteiger partial charge is 0.463 e. The summed E-state index contributed by atoms with van der Waals surface area (Å²) in [4.78, 5) is 22.7. The Kier molecular flexibility index (Phi) is 77.6. The molecule has 0 saturated heterocycles. The van der Waals surface area contributed by atoms with Crippen molar-refractivity contribution in [3.05, 3.63) is 12.2 Å². The van der Waals surface area contributed by atoms with Crippen molar-refractivity contribution in [3.8, 4) is 0 Å². The molecular weight excluding hydrogens is 742 g/mol. The molecule has 0 radical (unpaired) electrons. The summed E-state index contributed by atoms with van der Waals surface area (Å²) in [6.07, 6.45) is -7.03. The first-order chi connectivity index (χ1) is 21.9.